The molecular weight excluding hydrogens is 243 g/mol. The molecule has 0 aromatic carbocycles. The number of alkyl halides is 3. The van der Waals surface area contributed by atoms with Crippen LogP contribution in [0.5, 0.6) is 0 Å². The summed E-state index contributed by atoms with van der Waals surface area (Å²) < 4.78 is 40.0. The number of nitrogens with zero attached hydrogens (tertiary/aromatic N) is 3. The molecule has 1 aromatic heterocycles. The summed E-state index contributed by atoms with van der Waals surface area (Å²) in [7, 11) is 0. The summed E-state index contributed by atoms with van der Waals surface area (Å²) in [5, 5.41) is 10.2. The first kappa shape index (κ1) is 11.6. The Hall–Kier alpha value is -1.93. The normalized spacial score (nSPS) is 17.9. The maximum atomic E-state index is 11.8. The van der Waals surface area contributed by atoms with E-state index < -0.39 is 12.1 Å². The van der Waals surface area contributed by atoms with Crippen LogP contribution in [0.15, 0.2) is 9.78 Å². The summed E-state index contributed by atoms with van der Waals surface area (Å²) in [4.78, 5) is 14.2. The maximum Gasteiger partial charge on any atom is 0.493 e. The van der Waals surface area contributed by atoms with Crippen LogP contribution in [0.25, 0.3) is 0 Å². The van der Waals surface area contributed by atoms with Crippen molar-refractivity contribution in [1.29, 1.82) is 0 Å². The van der Waals surface area contributed by atoms with Gasteiger partial charge in [-0.3, -0.25) is 0 Å². The fourth-order valence-electron chi connectivity index (χ4n) is 1.37. The second-order valence-electron chi connectivity index (χ2n) is 3.33. The average molecular weight is 249 g/mol. The Morgan fingerprint density at radius 3 is 2.82 bits per heavy atom. The Labute approximate surface area is 92.4 Å². The smallest absolute Gasteiger partial charge is 0.308 e. The molecule has 0 fully saturated rings. The lowest BCUT2D eigenvalue weighted by Gasteiger charge is -2.09. The molecule has 9 heteroatoms. The van der Waals surface area contributed by atoms with Crippen LogP contribution in [0.2, 0.25) is 0 Å². The predicted octanol–water partition coefficient (Wildman–Crippen LogP) is 1.22. The summed E-state index contributed by atoms with van der Waals surface area (Å²) in [6.45, 7) is 0. The molecule has 0 atom stereocenters. The van der Waals surface area contributed by atoms with Crippen molar-refractivity contribution in [2.24, 2.45) is 5.16 Å². The zero-order chi connectivity index (χ0) is 12.5. The van der Waals surface area contributed by atoms with E-state index in [1.807, 2.05) is 0 Å². The molecule has 1 aliphatic rings. The first-order chi connectivity index (χ1) is 7.98. The molecule has 0 radical (unpaired) electrons. The Kier molecular flexibility index (Phi) is 2.82. The summed E-state index contributed by atoms with van der Waals surface area (Å²) in [5.74, 6) is -2.37. The van der Waals surface area contributed by atoms with E-state index in [0.29, 0.717) is 25.0 Å². The first-order valence-electron chi connectivity index (χ1n) is 4.65. The van der Waals surface area contributed by atoms with E-state index in [1.54, 1.807) is 0 Å². The van der Waals surface area contributed by atoms with Crippen molar-refractivity contribution in [3.8, 4) is 0 Å². The molecule has 0 N–H and O–H groups in total. The molecule has 0 spiro atoms. The Bertz CT molecular complexity index is 466. The molecule has 1 aromatic rings. The number of rotatable bonds is 1. The van der Waals surface area contributed by atoms with Gasteiger partial charge in [0.1, 0.15) is 11.4 Å². The highest BCUT2D eigenvalue weighted by atomic mass is 19.4. The SMILES string of the molecule is O=C(ON=C1CCCc2nonc21)C(F)(F)F. The van der Waals surface area contributed by atoms with E-state index in [4.69, 9.17) is 0 Å². The Morgan fingerprint density at radius 2 is 2.12 bits per heavy atom. The van der Waals surface area contributed by atoms with Gasteiger partial charge in [0.05, 0.1) is 0 Å². The van der Waals surface area contributed by atoms with E-state index in [0.717, 1.165) is 0 Å². The second kappa shape index (κ2) is 4.15. The highest BCUT2D eigenvalue weighted by Gasteiger charge is 2.42. The number of carbonyl (C=O) groups excluding carboxylic acids is 1. The largest absolute Gasteiger partial charge is 0.493 e. The fraction of sp³-hybridized carbons (Fsp3) is 0.500. The van der Waals surface area contributed by atoms with Crippen LogP contribution < -0.4 is 0 Å². The molecule has 1 heterocycles. The van der Waals surface area contributed by atoms with Crippen LogP contribution in [-0.4, -0.2) is 28.2 Å². The Morgan fingerprint density at radius 1 is 1.35 bits per heavy atom. The monoisotopic (exact) mass is 249 g/mol. The molecule has 0 aliphatic heterocycles. The van der Waals surface area contributed by atoms with Gasteiger partial charge in [-0.1, -0.05) is 10.3 Å². The molecule has 0 unspecified atom stereocenters. The maximum absolute atomic E-state index is 11.8. The average Bonchev–Trinajstić information content (AvgIpc) is 2.72. The van der Waals surface area contributed by atoms with Crippen LogP contribution >= 0.6 is 0 Å². The van der Waals surface area contributed by atoms with Crippen molar-refractivity contribution >= 4 is 11.7 Å². The summed E-state index contributed by atoms with van der Waals surface area (Å²) in [5.41, 5.74) is 0.870. The third kappa shape index (κ3) is 2.43. The van der Waals surface area contributed by atoms with E-state index >= 15 is 0 Å². The van der Waals surface area contributed by atoms with E-state index in [9.17, 15) is 18.0 Å². The molecule has 2 rings (SSSR count). The lowest BCUT2D eigenvalue weighted by molar-refractivity contribution is -0.199. The number of fused-ring (bicyclic) bond motifs is 1. The van der Waals surface area contributed by atoms with Crippen molar-refractivity contribution in [3.05, 3.63) is 11.4 Å². The zero-order valence-corrected chi connectivity index (χ0v) is 8.32. The standard InChI is InChI=1S/C8H6F3N3O3/c9-8(10,11)7(15)16-12-4-2-1-3-5-6(4)14-17-13-5/h1-3H2. The van der Waals surface area contributed by atoms with Crippen molar-refractivity contribution in [2.75, 3.05) is 0 Å². The van der Waals surface area contributed by atoms with Gasteiger partial charge >= 0.3 is 12.1 Å². The van der Waals surface area contributed by atoms with Crippen molar-refractivity contribution in [2.45, 2.75) is 25.4 Å². The number of aryl methyl sites for hydroxylation is 1. The molecule has 0 amide bonds. The number of hydrogen-bond donors (Lipinski definition) is 0. The molecule has 1 aliphatic carbocycles. The quantitative estimate of drug-likeness (QED) is 0.552. The zero-order valence-electron chi connectivity index (χ0n) is 8.32. The fourth-order valence-corrected chi connectivity index (χ4v) is 1.37. The lowest BCUT2D eigenvalue weighted by Crippen LogP contribution is -2.24. The van der Waals surface area contributed by atoms with Gasteiger partial charge < -0.3 is 4.84 Å². The lowest BCUT2D eigenvalue weighted by atomic mass is 9.99. The minimum atomic E-state index is -5.07. The number of oxime groups is 1. The van der Waals surface area contributed by atoms with Crippen molar-refractivity contribution in [1.82, 2.24) is 10.3 Å². The highest BCUT2D eigenvalue weighted by molar-refractivity contribution is 6.00. The van der Waals surface area contributed by atoms with Crippen LogP contribution in [0, 0.1) is 0 Å². The first-order valence-corrected chi connectivity index (χ1v) is 4.65. The van der Waals surface area contributed by atoms with Gasteiger partial charge in [-0.05, 0) is 24.4 Å². The van der Waals surface area contributed by atoms with Crippen LogP contribution in [0.4, 0.5) is 13.2 Å². The summed E-state index contributed by atoms with van der Waals surface area (Å²) in [6.07, 6.45) is -3.48. The van der Waals surface area contributed by atoms with Gasteiger partial charge in [0, 0.05) is 0 Å². The van der Waals surface area contributed by atoms with Crippen LogP contribution in [-0.2, 0) is 16.1 Å². The highest BCUT2D eigenvalue weighted by Crippen LogP contribution is 2.20. The molecular formula is C8H6F3N3O3. The molecule has 0 saturated carbocycles. The summed E-state index contributed by atoms with van der Waals surface area (Å²) >= 11 is 0. The molecule has 17 heavy (non-hydrogen) atoms. The number of halogens is 3. The predicted molar refractivity (Wildman–Crippen MR) is 45.9 cm³/mol. The van der Waals surface area contributed by atoms with Gasteiger partial charge in [0.25, 0.3) is 0 Å². The number of aromatic nitrogens is 2. The minimum absolute atomic E-state index is 0.130. The van der Waals surface area contributed by atoms with E-state index in [2.05, 4.69) is 24.9 Å². The van der Waals surface area contributed by atoms with Gasteiger partial charge in [-0.25, -0.2) is 9.42 Å². The molecule has 0 saturated heterocycles. The van der Waals surface area contributed by atoms with Crippen molar-refractivity contribution < 1.29 is 27.4 Å². The van der Waals surface area contributed by atoms with Gasteiger partial charge in [-0.15, -0.1) is 0 Å². The molecule has 0 bridgehead atoms. The number of carbonyl (C=O) groups is 1. The number of hydrogen-bond acceptors (Lipinski definition) is 6. The third-order valence-electron chi connectivity index (χ3n) is 2.13. The van der Waals surface area contributed by atoms with E-state index in [1.165, 1.54) is 0 Å². The summed E-state index contributed by atoms with van der Waals surface area (Å²) in [6, 6.07) is 0. The topological polar surface area (TPSA) is 77.6 Å². The second-order valence-corrected chi connectivity index (χ2v) is 3.33. The third-order valence-corrected chi connectivity index (χ3v) is 2.13. The van der Waals surface area contributed by atoms with Gasteiger partial charge in [0.2, 0.25) is 0 Å². The van der Waals surface area contributed by atoms with Gasteiger partial charge in [0.15, 0.2) is 5.69 Å². The van der Waals surface area contributed by atoms with Crippen molar-refractivity contribution in [3.63, 3.8) is 0 Å². The van der Waals surface area contributed by atoms with Crippen LogP contribution in [0.3, 0.4) is 0 Å². The van der Waals surface area contributed by atoms with Gasteiger partial charge in [-0.2, -0.15) is 13.2 Å². The minimum Gasteiger partial charge on any atom is -0.308 e. The van der Waals surface area contributed by atoms with Crippen LogP contribution in [0.1, 0.15) is 24.2 Å². The molecule has 92 valence electrons. The van der Waals surface area contributed by atoms with E-state index in [-0.39, 0.29) is 11.4 Å². The Balaban J connectivity index is 2.13. The molecule has 6 nitrogen and oxygen atoms in total.